The predicted molar refractivity (Wildman–Crippen MR) is 94.0 cm³/mol. The molecule has 6 nitrogen and oxygen atoms in total. The molecular weight excluding hydrogens is 316 g/mol. The second-order valence-corrected chi connectivity index (χ2v) is 6.00. The smallest absolute Gasteiger partial charge is 0.419 e. The monoisotopic (exact) mass is 336 g/mol. The lowest BCUT2D eigenvalue weighted by Gasteiger charge is -2.17. The van der Waals surface area contributed by atoms with Crippen molar-refractivity contribution in [3.8, 4) is 0 Å². The standard InChI is InChI=1S/C19H20N4O2/c20-23-18(19(24)25-15-10-4-5-11-15)17(14-8-2-1-3-9-14)22-16-12-6-7-13-21-16/h1-3,6-9,12-13,15,17H,4-5,10-11H2,(H,21,22). The first-order chi connectivity index (χ1) is 12.3. The summed E-state index contributed by atoms with van der Waals surface area (Å²) in [6.45, 7) is 0. The predicted octanol–water partition coefficient (Wildman–Crippen LogP) is 3.39. The molecule has 0 amide bonds. The first-order valence-electron chi connectivity index (χ1n) is 8.43. The number of esters is 1. The molecule has 0 radical (unpaired) electrons. The average Bonchev–Trinajstić information content (AvgIpc) is 3.16. The van der Waals surface area contributed by atoms with Crippen LogP contribution in [0.4, 0.5) is 5.82 Å². The number of pyridine rings is 1. The molecule has 0 saturated heterocycles. The number of nitrogens with zero attached hydrogens (tertiary/aromatic N) is 3. The van der Waals surface area contributed by atoms with Crippen LogP contribution in [-0.4, -0.2) is 27.6 Å². The second-order valence-electron chi connectivity index (χ2n) is 6.00. The van der Waals surface area contributed by atoms with E-state index in [0.717, 1.165) is 31.2 Å². The third kappa shape index (κ3) is 4.31. The first kappa shape index (κ1) is 16.9. The van der Waals surface area contributed by atoms with Crippen LogP contribution in [-0.2, 0) is 9.53 Å². The fourth-order valence-electron chi connectivity index (χ4n) is 2.99. The molecule has 2 aromatic rings. The number of ether oxygens (including phenoxy) is 1. The number of hydrogen-bond donors (Lipinski definition) is 1. The summed E-state index contributed by atoms with van der Waals surface area (Å²) in [5, 5.41) is 3.15. The van der Waals surface area contributed by atoms with E-state index in [1.54, 1.807) is 18.3 Å². The van der Waals surface area contributed by atoms with Gasteiger partial charge in [-0.25, -0.2) is 9.78 Å². The van der Waals surface area contributed by atoms with Gasteiger partial charge >= 0.3 is 11.7 Å². The van der Waals surface area contributed by atoms with Crippen LogP contribution in [0.3, 0.4) is 0 Å². The minimum atomic E-state index is -0.657. The quantitative estimate of drug-likeness (QED) is 0.379. The normalized spacial score (nSPS) is 15.2. The van der Waals surface area contributed by atoms with Crippen LogP contribution in [0.1, 0.15) is 37.3 Å². The molecule has 1 aliphatic carbocycles. The minimum Gasteiger partial charge on any atom is -0.454 e. The Balaban J connectivity index is 1.86. The van der Waals surface area contributed by atoms with E-state index in [0.29, 0.717) is 5.82 Å². The number of nitrogens with one attached hydrogen (secondary N) is 1. The number of aromatic nitrogens is 1. The van der Waals surface area contributed by atoms with Crippen molar-refractivity contribution in [2.24, 2.45) is 0 Å². The third-order valence-corrected chi connectivity index (χ3v) is 4.26. The number of hydrogen-bond acceptors (Lipinski definition) is 4. The summed E-state index contributed by atoms with van der Waals surface area (Å²) in [5.74, 6) is -0.0298. The number of carbonyl (C=O) groups excluding carboxylic acids is 1. The molecule has 25 heavy (non-hydrogen) atoms. The van der Waals surface area contributed by atoms with Crippen molar-refractivity contribution in [2.75, 3.05) is 5.32 Å². The molecule has 1 aliphatic rings. The first-order valence-corrected chi connectivity index (χ1v) is 8.43. The van der Waals surface area contributed by atoms with Crippen LogP contribution in [0, 0.1) is 0 Å². The number of anilines is 1. The van der Waals surface area contributed by atoms with Crippen molar-refractivity contribution in [2.45, 2.75) is 37.8 Å². The Morgan fingerprint density at radius 2 is 1.88 bits per heavy atom. The molecular formula is C19H20N4O2. The van der Waals surface area contributed by atoms with Gasteiger partial charge in [-0.3, -0.25) is 0 Å². The van der Waals surface area contributed by atoms with Crippen molar-refractivity contribution < 1.29 is 14.3 Å². The van der Waals surface area contributed by atoms with Gasteiger partial charge in [-0.1, -0.05) is 36.4 Å². The van der Waals surface area contributed by atoms with Gasteiger partial charge in [-0.2, -0.15) is 4.79 Å². The molecule has 1 unspecified atom stereocenters. The second kappa shape index (κ2) is 8.22. The summed E-state index contributed by atoms with van der Waals surface area (Å²) in [7, 11) is 0. The van der Waals surface area contributed by atoms with Crippen molar-refractivity contribution in [3.63, 3.8) is 0 Å². The van der Waals surface area contributed by atoms with Gasteiger partial charge in [0.1, 0.15) is 11.9 Å². The summed E-state index contributed by atoms with van der Waals surface area (Å²) in [6.07, 6.45) is 5.37. The highest BCUT2D eigenvalue weighted by Crippen LogP contribution is 2.24. The topological polar surface area (TPSA) is 87.6 Å². The Morgan fingerprint density at radius 1 is 1.16 bits per heavy atom. The molecule has 3 rings (SSSR count). The van der Waals surface area contributed by atoms with E-state index in [9.17, 15) is 10.3 Å². The van der Waals surface area contributed by atoms with Crippen LogP contribution >= 0.6 is 0 Å². The minimum absolute atomic E-state index is 0.0799. The molecule has 1 heterocycles. The van der Waals surface area contributed by atoms with Gasteiger partial charge in [-0.05, 0) is 43.4 Å². The van der Waals surface area contributed by atoms with Crippen LogP contribution in [0.5, 0.6) is 0 Å². The lowest BCUT2D eigenvalue weighted by molar-refractivity contribution is -0.145. The molecule has 128 valence electrons. The van der Waals surface area contributed by atoms with Crippen molar-refractivity contribution in [1.82, 2.24) is 4.98 Å². The van der Waals surface area contributed by atoms with Crippen molar-refractivity contribution in [3.05, 3.63) is 65.8 Å². The van der Waals surface area contributed by atoms with Crippen molar-refractivity contribution in [1.29, 1.82) is 0 Å². The van der Waals surface area contributed by atoms with Gasteiger partial charge in [0.15, 0.2) is 6.04 Å². The molecule has 1 aromatic carbocycles. The van der Waals surface area contributed by atoms with Gasteiger partial charge in [0, 0.05) is 6.20 Å². The average molecular weight is 336 g/mol. The summed E-state index contributed by atoms with van der Waals surface area (Å²) in [5.41, 5.74) is 10.2. The van der Waals surface area contributed by atoms with Crippen LogP contribution in [0.25, 0.3) is 5.53 Å². The Morgan fingerprint density at radius 3 is 2.52 bits per heavy atom. The lowest BCUT2D eigenvalue weighted by atomic mass is 10.0. The fraction of sp³-hybridized carbons (Fsp3) is 0.316. The van der Waals surface area contributed by atoms with E-state index in [4.69, 9.17) is 4.74 Å². The molecule has 0 aliphatic heterocycles. The zero-order valence-corrected chi connectivity index (χ0v) is 13.8. The van der Waals surface area contributed by atoms with E-state index >= 15 is 0 Å². The number of carbonyl (C=O) groups is 1. The fourth-order valence-corrected chi connectivity index (χ4v) is 2.99. The maximum absolute atomic E-state index is 12.6. The van der Waals surface area contributed by atoms with E-state index in [-0.39, 0.29) is 11.8 Å². The number of rotatable bonds is 6. The molecule has 6 heteroatoms. The highest BCUT2D eigenvalue weighted by molar-refractivity contribution is 6.36. The van der Waals surface area contributed by atoms with Crippen LogP contribution < -0.4 is 5.32 Å². The Kier molecular flexibility index (Phi) is 5.54. The van der Waals surface area contributed by atoms with Crippen LogP contribution in [0.15, 0.2) is 54.7 Å². The highest BCUT2D eigenvalue weighted by atomic mass is 16.5. The SMILES string of the molecule is [N-]=[N+]=C(C(=O)OC1CCCC1)C(Nc1ccccn1)c1ccccc1. The Hall–Kier alpha value is -2.98. The van der Waals surface area contributed by atoms with Gasteiger partial charge in [-0.15, -0.1) is 0 Å². The Bertz CT molecular complexity index is 752. The third-order valence-electron chi connectivity index (χ3n) is 4.26. The molecule has 0 bridgehead atoms. The maximum atomic E-state index is 12.6. The van der Waals surface area contributed by atoms with Crippen LogP contribution in [0.2, 0.25) is 0 Å². The summed E-state index contributed by atoms with van der Waals surface area (Å²) < 4.78 is 5.51. The molecule has 1 N–H and O–H groups in total. The van der Waals surface area contributed by atoms with Crippen molar-refractivity contribution >= 4 is 17.5 Å². The van der Waals surface area contributed by atoms with E-state index < -0.39 is 12.0 Å². The van der Waals surface area contributed by atoms with E-state index in [2.05, 4.69) is 15.1 Å². The van der Waals surface area contributed by atoms with Gasteiger partial charge in [0.2, 0.25) is 0 Å². The summed E-state index contributed by atoms with van der Waals surface area (Å²) in [4.78, 5) is 20.0. The van der Waals surface area contributed by atoms with E-state index in [1.807, 2.05) is 36.4 Å². The Labute approximate surface area is 146 Å². The van der Waals surface area contributed by atoms with Gasteiger partial charge in [0.25, 0.3) is 0 Å². The summed E-state index contributed by atoms with van der Waals surface area (Å²) in [6, 6.07) is 14.1. The highest BCUT2D eigenvalue weighted by Gasteiger charge is 2.36. The van der Waals surface area contributed by atoms with E-state index in [1.165, 1.54) is 0 Å². The maximum Gasteiger partial charge on any atom is 0.419 e. The lowest BCUT2D eigenvalue weighted by Crippen LogP contribution is -2.32. The summed E-state index contributed by atoms with van der Waals surface area (Å²) >= 11 is 0. The molecule has 0 spiro atoms. The molecule has 1 saturated carbocycles. The number of benzene rings is 1. The van der Waals surface area contributed by atoms with Gasteiger partial charge < -0.3 is 15.6 Å². The largest absolute Gasteiger partial charge is 0.454 e. The molecule has 1 fully saturated rings. The molecule has 1 aromatic heterocycles. The van der Waals surface area contributed by atoms with Gasteiger partial charge in [0.05, 0.1) is 0 Å². The zero-order valence-electron chi connectivity index (χ0n) is 13.8. The zero-order chi connectivity index (χ0) is 17.5. The molecule has 1 atom stereocenters.